The number of pyridine rings is 1. The van der Waals surface area contributed by atoms with E-state index in [4.69, 9.17) is 0 Å². The Bertz CT molecular complexity index is 797. The van der Waals surface area contributed by atoms with Crippen LogP contribution in [-0.4, -0.2) is 20.9 Å². The molecule has 0 bridgehead atoms. The quantitative estimate of drug-likeness (QED) is 0.683. The van der Waals surface area contributed by atoms with Crippen molar-refractivity contribution < 1.29 is 4.79 Å². The molecule has 0 radical (unpaired) electrons. The number of benzene rings is 1. The van der Waals surface area contributed by atoms with Crippen molar-refractivity contribution in [2.24, 2.45) is 0 Å². The molecule has 0 saturated heterocycles. The summed E-state index contributed by atoms with van der Waals surface area (Å²) in [7, 11) is 0. The minimum absolute atomic E-state index is 0.239. The summed E-state index contributed by atoms with van der Waals surface area (Å²) in [5.74, 6) is 0.424. The minimum Gasteiger partial charge on any atom is -0.342 e. The van der Waals surface area contributed by atoms with Crippen molar-refractivity contribution in [3.63, 3.8) is 0 Å². The topological polar surface area (TPSA) is 90.6 Å². The van der Waals surface area contributed by atoms with E-state index in [1.54, 1.807) is 0 Å². The van der Waals surface area contributed by atoms with Gasteiger partial charge in [-0.1, -0.05) is 12.1 Å². The van der Waals surface area contributed by atoms with Crippen molar-refractivity contribution in [3.8, 4) is 0 Å². The zero-order chi connectivity index (χ0) is 14.8. The van der Waals surface area contributed by atoms with E-state index in [2.05, 4.69) is 20.3 Å². The first-order valence-corrected chi connectivity index (χ1v) is 6.58. The molecular weight excluding hydrogens is 268 g/mol. The van der Waals surface area contributed by atoms with Gasteiger partial charge in [-0.25, -0.2) is 4.98 Å². The molecular formula is C15H14N4O2. The van der Waals surface area contributed by atoms with Crippen LogP contribution in [0.15, 0.2) is 47.4 Å². The van der Waals surface area contributed by atoms with Gasteiger partial charge in [0.05, 0.1) is 22.6 Å². The second-order valence-electron chi connectivity index (χ2n) is 4.78. The second-order valence-corrected chi connectivity index (χ2v) is 4.78. The molecule has 1 amide bonds. The Balaban J connectivity index is 1.79. The van der Waals surface area contributed by atoms with Crippen LogP contribution >= 0.6 is 0 Å². The average Bonchev–Trinajstić information content (AvgIpc) is 2.92. The number of aromatic amines is 2. The van der Waals surface area contributed by atoms with E-state index >= 15 is 0 Å². The lowest BCUT2D eigenvalue weighted by Crippen LogP contribution is -2.27. The van der Waals surface area contributed by atoms with E-state index in [1.807, 2.05) is 31.2 Å². The van der Waals surface area contributed by atoms with E-state index in [0.29, 0.717) is 11.4 Å². The summed E-state index contributed by atoms with van der Waals surface area (Å²) in [5.41, 5.74) is 1.95. The molecule has 2 heterocycles. The number of carbonyl (C=O) groups excluding carboxylic acids is 1. The summed E-state index contributed by atoms with van der Waals surface area (Å²) in [6.07, 6.45) is 1.39. The Morgan fingerprint density at radius 3 is 2.76 bits per heavy atom. The Kier molecular flexibility index (Phi) is 3.27. The highest BCUT2D eigenvalue weighted by Crippen LogP contribution is 2.15. The third-order valence-electron chi connectivity index (χ3n) is 3.21. The first-order valence-electron chi connectivity index (χ1n) is 6.58. The predicted octanol–water partition coefficient (Wildman–Crippen LogP) is 1.74. The number of rotatable bonds is 3. The highest BCUT2D eigenvalue weighted by atomic mass is 16.2. The number of para-hydroxylation sites is 2. The maximum Gasteiger partial charge on any atom is 0.253 e. The van der Waals surface area contributed by atoms with Crippen LogP contribution in [0.2, 0.25) is 0 Å². The second kappa shape index (κ2) is 5.24. The number of nitrogens with zero attached hydrogens (tertiary/aromatic N) is 1. The molecule has 3 rings (SSSR count). The van der Waals surface area contributed by atoms with E-state index < -0.39 is 0 Å². The SMILES string of the molecule is C[C@H](NC(=O)c1ccc(=O)[nH]c1)c1nc2ccccc2[nH]1. The van der Waals surface area contributed by atoms with Gasteiger partial charge in [0.15, 0.2) is 0 Å². The molecule has 6 nitrogen and oxygen atoms in total. The van der Waals surface area contributed by atoms with Gasteiger partial charge >= 0.3 is 0 Å². The molecule has 0 fully saturated rings. The monoisotopic (exact) mass is 282 g/mol. The lowest BCUT2D eigenvalue weighted by Gasteiger charge is -2.11. The van der Waals surface area contributed by atoms with Gasteiger partial charge < -0.3 is 15.3 Å². The number of fused-ring (bicyclic) bond motifs is 1. The fourth-order valence-electron chi connectivity index (χ4n) is 2.08. The summed E-state index contributed by atoms with van der Waals surface area (Å²) < 4.78 is 0. The molecule has 0 aliphatic rings. The van der Waals surface area contributed by atoms with Gasteiger partial charge in [0.1, 0.15) is 5.82 Å². The van der Waals surface area contributed by atoms with Crippen LogP contribution < -0.4 is 10.9 Å². The van der Waals surface area contributed by atoms with E-state index in [9.17, 15) is 9.59 Å². The summed E-state index contributed by atoms with van der Waals surface area (Å²) in [6.45, 7) is 1.85. The first-order chi connectivity index (χ1) is 10.1. The van der Waals surface area contributed by atoms with Gasteiger partial charge in [-0.05, 0) is 25.1 Å². The molecule has 2 aromatic heterocycles. The lowest BCUT2D eigenvalue weighted by molar-refractivity contribution is 0.0938. The van der Waals surface area contributed by atoms with E-state index in [0.717, 1.165) is 11.0 Å². The van der Waals surface area contributed by atoms with Crippen LogP contribution in [0.4, 0.5) is 0 Å². The highest BCUT2D eigenvalue weighted by molar-refractivity contribution is 5.94. The van der Waals surface area contributed by atoms with Crippen LogP contribution in [0.5, 0.6) is 0 Å². The third kappa shape index (κ3) is 2.69. The van der Waals surface area contributed by atoms with Crippen molar-refractivity contribution >= 4 is 16.9 Å². The van der Waals surface area contributed by atoms with Crippen LogP contribution in [-0.2, 0) is 0 Å². The molecule has 6 heteroatoms. The predicted molar refractivity (Wildman–Crippen MR) is 79.0 cm³/mol. The number of H-pyrrole nitrogens is 2. The van der Waals surface area contributed by atoms with Gasteiger partial charge in [0, 0.05) is 12.3 Å². The molecule has 0 aliphatic carbocycles. The van der Waals surface area contributed by atoms with Gasteiger partial charge in [0.2, 0.25) is 5.56 Å². The standard InChI is InChI=1S/C15H14N4O2/c1-9(14-18-11-4-2-3-5-12(11)19-14)17-15(21)10-6-7-13(20)16-8-10/h2-9H,1H3,(H,16,20)(H,17,21)(H,18,19)/t9-/m0/s1. The van der Waals surface area contributed by atoms with Crippen LogP contribution in [0.1, 0.15) is 29.1 Å². The molecule has 3 N–H and O–H groups in total. The zero-order valence-electron chi connectivity index (χ0n) is 11.4. The lowest BCUT2D eigenvalue weighted by atomic mass is 10.2. The average molecular weight is 282 g/mol. The molecule has 1 aromatic carbocycles. The summed E-state index contributed by atoms with van der Waals surface area (Å²) in [5, 5.41) is 2.84. The van der Waals surface area contributed by atoms with E-state index in [1.165, 1.54) is 18.3 Å². The fourth-order valence-corrected chi connectivity index (χ4v) is 2.08. The third-order valence-corrected chi connectivity index (χ3v) is 3.21. The van der Waals surface area contributed by atoms with Gasteiger partial charge in [-0.15, -0.1) is 0 Å². The Morgan fingerprint density at radius 2 is 2.05 bits per heavy atom. The molecule has 106 valence electrons. The van der Waals surface area contributed by atoms with Gasteiger partial charge in [0.25, 0.3) is 5.91 Å². The number of carbonyl (C=O) groups is 1. The number of hydrogen-bond donors (Lipinski definition) is 3. The maximum atomic E-state index is 12.1. The molecule has 3 aromatic rings. The molecule has 0 spiro atoms. The zero-order valence-corrected chi connectivity index (χ0v) is 11.4. The molecule has 0 saturated carbocycles. The van der Waals surface area contributed by atoms with Crippen LogP contribution in [0.3, 0.4) is 0 Å². The summed E-state index contributed by atoms with van der Waals surface area (Å²) >= 11 is 0. The Hall–Kier alpha value is -2.89. The summed E-state index contributed by atoms with van der Waals surface area (Å²) in [6, 6.07) is 10.2. The largest absolute Gasteiger partial charge is 0.342 e. The molecule has 1 atom stereocenters. The van der Waals surface area contributed by atoms with Crippen LogP contribution in [0.25, 0.3) is 11.0 Å². The molecule has 0 aliphatic heterocycles. The van der Waals surface area contributed by atoms with Crippen molar-refractivity contribution in [3.05, 3.63) is 64.3 Å². The number of nitrogens with one attached hydrogen (secondary N) is 3. The smallest absolute Gasteiger partial charge is 0.253 e. The van der Waals surface area contributed by atoms with Crippen molar-refractivity contribution in [2.75, 3.05) is 0 Å². The molecule has 21 heavy (non-hydrogen) atoms. The fraction of sp³-hybridized carbons (Fsp3) is 0.133. The van der Waals surface area contributed by atoms with Gasteiger partial charge in [-0.3, -0.25) is 9.59 Å². The van der Waals surface area contributed by atoms with Gasteiger partial charge in [-0.2, -0.15) is 0 Å². The first kappa shape index (κ1) is 13.1. The van der Waals surface area contributed by atoms with Crippen molar-refractivity contribution in [1.82, 2.24) is 20.3 Å². The maximum absolute atomic E-state index is 12.1. The van der Waals surface area contributed by atoms with Crippen LogP contribution in [0, 0.1) is 0 Å². The Morgan fingerprint density at radius 1 is 1.24 bits per heavy atom. The number of aromatic nitrogens is 3. The summed E-state index contributed by atoms with van der Waals surface area (Å²) in [4.78, 5) is 33.2. The normalized spacial score (nSPS) is 12.2. The Labute approximate surface area is 120 Å². The van der Waals surface area contributed by atoms with Crippen molar-refractivity contribution in [2.45, 2.75) is 13.0 Å². The highest BCUT2D eigenvalue weighted by Gasteiger charge is 2.14. The number of hydrogen-bond acceptors (Lipinski definition) is 3. The molecule has 0 unspecified atom stereocenters. The van der Waals surface area contributed by atoms with Crippen molar-refractivity contribution in [1.29, 1.82) is 0 Å². The van der Waals surface area contributed by atoms with E-state index in [-0.39, 0.29) is 17.5 Å². The number of amides is 1. The number of imidazole rings is 1. The minimum atomic E-state index is -0.267.